The van der Waals surface area contributed by atoms with Crippen LogP contribution < -0.4 is 0 Å². The molecule has 4 nitrogen and oxygen atoms in total. The van der Waals surface area contributed by atoms with Gasteiger partial charge >= 0.3 is 5.97 Å². The van der Waals surface area contributed by atoms with Crippen LogP contribution in [-0.4, -0.2) is 21.8 Å². The number of pyridine rings is 1. The molecule has 2 aromatic rings. The van der Waals surface area contributed by atoms with E-state index >= 15 is 0 Å². The molecule has 1 unspecified atom stereocenters. The number of hydrogen-bond acceptors (Lipinski definition) is 4. The SMILES string of the molecule is CSc1ccnc2c1cc1n2CCCC1OC(C)=O. The summed E-state index contributed by atoms with van der Waals surface area (Å²) in [5.41, 5.74) is 2.07. The summed E-state index contributed by atoms with van der Waals surface area (Å²) in [6, 6.07) is 4.15. The van der Waals surface area contributed by atoms with Gasteiger partial charge in [0.25, 0.3) is 0 Å². The van der Waals surface area contributed by atoms with Crippen LogP contribution in [0.25, 0.3) is 11.0 Å². The summed E-state index contributed by atoms with van der Waals surface area (Å²) in [6.45, 7) is 2.41. The highest BCUT2D eigenvalue weighted by atomic mass is 32.2. The molecule has 0 radical (unpaired) electrons. The Balaban J connectivity index is 2.14. The number of aryl methyl sites for hydroxylation is 1. The van der Waals surface area contributed by atoms with Gasteiger partial charge in [0.05, 0.1) is 5.69 Å². The van der Waals surface area contributed by atoms with E-state index in [-0.39, 0.29) is 12.1 Å². The third kappa shape index (κ3) is 2.12. The molecule has 0 spiro atoms. The molecule has 1 aliphatic heterocycles. The molecule has 1 aliphatic rings. The number of ether oxygens (including phenoxy) is 1. The molecule has 3 heterocycles. The van der Waals surface area contributed by atoms with Crippen LogP contribution in [0.3, 0.4) is 0 Å². The maximum absolute atomic E-state index is 11.2. The maximum Gasteiger partial charge on any atom is 0.303 e. The monoisotopic (exact) mass is 276 g/mol. The molecule has 0 bridgehead atoms. The largest absolute Gasteiger partial charge is 0.456 e. The third-order valence-corrected chi connectivity index (χ3v) is 4.29. The second-order valence-corrected chi connectivity index (χ2v) is 5.56. The molecule has 0 amide bonds. The second kappa shape index (κ2) is 4.89. The van der Waals surface area contributed by atoms with Crippen LogP contribution in [0.4, 0.5) is 0 Å². The predicted molar refractivity (Wildman–Crippen MR) is 75.3 cm³/mol. The quantitative estimate of drug-likeness (QED) is 0.624. The first-order valence-corrected chi connectivity index (χ1v) is 7.62. The number of esters is 1. The zero-order valence-corrected chi connectivity index (χ0v) is 11.9. The number of thioether (sulfide) groups is 1. The molecule has 19 heavy (non-hydrogen) atoms. The van der Waals surface area contributed by atoms with Gasteiger partial charge in [-0.2, -0.15) is 0 Å². The van der Waals surface area contributed by atoms with Crippen LogP contribution in [0.1, 0.15) is 31.6 Å². The lowest BCUT2D eigenvalue weighted by Crippen LogP contribution is -2.19. The molecule has 0 saturated carbocycles. The Morgan fingerprint density at radius 3 is 3.16 bits per heavy atom. The van der Waals surface area contributed by atoms with Gasteiger partial charge in [-0.3, -0.25) is 4.79 Å². The fourth-order valence-electron chi connectivity index (χ4n) is 2.73. The van der Waals surface area contributed by atoms with Crippen LogP contribution in [0.5, 0.6) is 0 Å². The summed E-state index contributed by atoms with van der Waals surface area (Å²) in [6.07, 6.45) is 5.69. The van der Waals surface area contributed by atoms with E-state index in [4.69, 9.17) is 4.74 Å². The van der Waals surface area contributed by atoms with Crippen molar-refractivity contribution < 1.29 is 9.53 Å². The molecule has 2 aromatic heterocycles. The van der Waals surface area contributed by atoms with E-state index < -0.39 is 0 Å². The molecule has 0 N–H and O–H groups in total. The lowest BCUT2D eigenvalue weighted by Gasteiger charge is -2.24. The molecule has 5 heteroatoms. The fraction of sp³-hybridized carbons (Fsp3) is 0.429. The number of fused-ring (bicyclic) bond motifs is 3. The number of carbonyl (C=O) groups is 1. The van der Waals surface area contributed by atoms with Crippen molar-refractivity contribution in [3.63, 3.8) is 0 Å². The second-order valence-electron chi connectivity index (χ2n) is 4.71. The molecule has 0 saturated heterocycles. The van der Waals surface area contributed by atoms with Crippen molar-refractivity contribution in [3.05, 3.63) is 24.0 Å². The normalized spacial score (nSPS) is 18.3. The zero-order valence-electron chi connectivity index (χ0n) is 11.0. The Bertz CT molecular complexity index is 636. The standard InChI is InChI=1S/C14H16N2O2S/c1-9(17)18-12-4-3-7-16-11(12)8-10-13(19-2)5-6-15-14(10)16/h5-6,8,12H,3-4,7H2,1-2H3. The molecule has 3 rings (SSSR count). The zero-order chi connectivity index (χ0) is 13.4. The Labute approximate surface area is 116 Å². The predicted octanol–water partition coefficient (Wildman–Crippen LogP) is 3.16. The van der Waals surface area contributed by atoms with Crippen molar-refractivity contribution in [3.8, 4) is 0 Å². The minimum absolute atomic E-state index is 0.129. The Kier molecular flexibility index (Phi) is 3.22. The van der Waals surface area contributed by atoms with E-state index in [0.29, 0.717) is 0 Å². The van der Waals surface area contributed by atoms with Crippen LogP contribution in [-0.2, 0) is 16.1 Å². The number of aromatic nitrogens is 2. The molecular weight excluding hydrogens is 260 g/mol. The van der Waals surface area contributed by atoms with E-state index in [0.717, 1.165) is 36.1 Å². The molecule has 1 atom stereocenters. The lowest BCUT2D eigenvalue weighted by molar-refractivity contribution is -0.147. The van der Waals surface area contributed by atoms with Crippen LogP contribution in [0, 0.1) is 0 Å². The smallest absolute Gasteiger partial charge is 0.303 e. The highest BCUT2D eigenvalue weighted by Crippen LogP contribution is 2.36. The van der Waals surface area contributed by atoms with Gasteiger partial charge in [-0.05, 0) is 31.2 Å². The van der Waals surface area contributed by atoms with Crippen LogP contribution >= 0.6 is 11.8 Å². The molecule has 0 aromatic carbocycles. The van der Waals surface area contributed by atoms with Gasteiger partial charge in [-0.25, -0.2) is 4.98 Å². The van der Waals surface area contributed by atoms with Crippen LogP contribution in [0.2, 0.25) is 0 Å². The first kappa shape index (κ1) is 12.5. The molecule has 0 fully saturated rings. The third-order valence-electron chi connectivity index (χ3n) is 3.49. The van der Waals surface area contributed by atoms with Gasteiger partial charge in [0.2, 0.25) is 0 Å². The number of hydrogen-bond donors (Lipinski definition) is 0. The average molecular weight is 276 g/mol. The van der Waals surface area contributed by atoms with E-state index in [2.05, 4.69) is 21.9 Å². The first-order valence-electron chi connectivity index (χ1n) is 6.40. The summed E-state index contributed by atoms with van der Waals surface area (Å²) >= 11 is 1.72. The molecule has 0 aliphatic carbocycles. The fourth-order valence-corrected chi connectivity index (χ4v) is 3.29. The van der Waals surface area contributed by atoms with Gasteiger partial charge in [-0.15, -0.1) is 11.8 Å². The van der Waals surface area contributed by atoms with Gasteiger partial charge in [0.15, 0.2) is 0 Å². The van der Waals surface area contributed by atoms with Crippen molar-refractivity contribution in [2.75, 3.05) is 6.26 Å². The minimum atomic E-state index is -0.221. The Hall–Kier alpha value is -1.49. The summed E-state index contributed by atoms with van der Waals surface area (Å²) in [5, 5.41) is 1.16. The van der Waals surface area contributed by atoms with E-state index in [1.165, 1.54) is 11.8 Å². The van der Waals surface area contributed by atoms with Gasteiger partial charge in [0, 0.05) is 29.9 Å². The number of nitrogens with zero attached hydrogens (tertiary/aromatic N) is 2. The van der Waals surface area contributed by atoms with Crippen molar-refractivity contribution in [2.24, 2.45) is 0 Å². The van der Waals surface area contributed by atoms with Crippen molar-refractivity contribution >= 4 is 28.8 Å². The van der Waals surface area contributed by atoms with E-state index in [1.807, 2.05) is 12.3 Å². The van der Waals surface area contributed by atoms with Crippen molar-refractivity contribution in [2.45, 2.75) is 37.3 Å². The van der Waals surface area contributed by atoms with Crippen LogP contribution in [0.15, 0.2) is 23.2 Å². The summed E-state index contributed by atoms with van der Waals surface area (Å²) in [7, 11) is 0. The van der Waals surface area contributed by atoms with Gasteiger partial charge in [0.1, 0.15) is 11.8 Å². The van der Waals surface area contributed by atoms with E-state index in [1.54, 1.807) is 11.8 Å². The van der Waals surface area contributed by atoms with Gasteiger partial charge in [-0.1, -0.05) is 0 Å². The highest BCUT2D eigenvalue weighted by molar-refractivity contribution is 7.98. The van der Waals surface area contributed by atoms with Gasteiger partial charge < -0.3 is 9.30 Å². The maximum atomic E-state index is 11.2. The van der Waals surface area contributed by atoms with Crippen molar-refractivity contribution in [1.82, 2.24) is 9.55 Å². The summed E-state index contributed by atoms with van der Waals surface area (Å²) < 4.78 is 7.61. The summed E-state index contributed by atoms with van der Waals surface area (Å²) in [5.74, 6) is -0.221. The first-order chi connectivity index (χ1) is 9.20. The Morgan fingerprint density at radius 2 is 2.42 bits per heavy atom. The Morgan fingerprint density at radius 1 is 1.58 bits per heavy atom. The number of carbonyl (C=O) groups excluding carboxylic acids is 1. The topological polar surface area (TPSA) is 44.1 Å². The number of rotatable bonds is 2. The lowest BCUT2D eigenvalue weighted by atomic mass is 10.1. The minimum Gasteiger partial charge on any atom is -0.456 e. The molecule has 100 valence electrons. The highest BCUT2D eigenvalue weighted by Gasteiger charge is 2.25. The van der Waals surface area contributed by atoms with E-state index in [9.17, 15) is 4.79 Å². The summed E-state index contributed by atoms with van der Waals surface area (Å²) in [4.78, 5) is 16.9. The van der Waals surface area contributed by atoms with Crippen molar-refractivity contribution in [1.29, 1.82) is 0 Å². The average Bonchev–Trinajstić information content (AvgIpc) is 2.78. The molecular formula is C14H16N2O2S.